The Hall–Kier alpha value is -3.41. The Morgan fingerprint density at radius 3 is 2.80 bits per heavy atom. The van der Waals surface area contributed by atoms with E-state index in [2.05, 4.69) is 20.2 Å². The molecule has 1 N–H and O–H groups in total. The van der Waals surface area contributed by atoms with Gasteiger partial charge in [-0.15, -0.1) is 0 Å². The number of nitro groups is 1. The number of hydrogen-bond donors (Lipinski definition) is 1. The molecular formula is C23H23ClFN5O5. The van der Waals surface area contributed by atoms with Gasteiger partial charge in [0.1, 0.15) is 12.1 Å². The summed E-state index contributed by atoms with van der Waals surface area (Å²) in [5, 5.41) is 14.6. The molecule has 0 unspecified atom stereocenters. The first kappa shape index (κ1) is 24.7. The lowest BCUT2D eigenvalue weighted by Gasteiger charge is -2.26. The number of fused-ring (bicyclic) bond motifs is 1. The molecule has 184 valence electrons. The van der Waals surface area contributed by atoms with Gasteiger partial charge < -0.3 is 14.8 Å². The minimum absolute atomic E-state index is 0.111. The average molecular weight is 504 g/mol. The molecule has 3 aromatic rings. The van der Waals surface area contributed by atoms with Gasteiger partial charge in [0.2, 0.25) is 5.91 Å². The van der Waals surface area contributed by atoms with E-state index in [-0.39, 0.29) is 22.9 Å². The number of nitrogens with zero attached hydrogens (tertiary/aromatic N) is 4. The minimum atomic E-state index is -0.599. The van der Waals surface area contributed by atoms with Crippen LogP contribution in [0.4, 0.5) is 15.8 Å². The second kappa shape index (κ2) is 11.3. The largest absolute Gasteiger partial charge is 0.487 e. The van der Waals surface area contributed by atoms with Crippen molar-refractivity contribution in [1.82, 2.24) is 14.9 Å². The summed E-state index contributed by atoms with van der Waals surface area (Å²) in [7, 11) is 0. The number of anilines is 1. The van der Waals surface area contributed by atoms with Crippen molar-refractivity contribution in [2.75, 3.05) is 44.8 Å². The van der Waals surface area contributed by atoms with Gasteiger partial charge in [0.05, 0.1) is 47.4 Å². The number of hydrogen-bond acceptors (Lipinski definition) is 8. The molecule has 0 saturated carbocycles. The number of carbonyl (C=O) groups excluding carboxylic acids is 1. The summed E-state index contributed by atoms with van der Waals surface area (Å²) in [4.78, 5) is 34.3. The Kier molecular flexibility index (Phi) is 8.01. The van der Waals surface area contributed by atoms with Crippen LogP contribution in [0, 0.1) is 15.9 Å². The number of nitrogens with one attached hydrogen (secondary N) is 1. The lowest BCUT2D eigenvalue weighted by molar-refractivity contribution is -0.385. The third kappa shape index (κ3) is 6.38. The molecule has 0 spiro atoms. The number of halogens is 2. The molecule has 1 aliphatic rings. The minimum Gasteiger partial charge on any atom is -0.487 e. The molecule has 0 radical (unpaired) electrons. The zero-order valence-corrected chi connectivity index (χ0v) is 19.5. The lowest BCUT2D eigenvalue weighted by Crippen LogP contribution is -2.37. The molecule has 10 nitrogen and oxygen atoms in total. The molecule has 1 fully saturated rings. The fourth-order valence-corrected chi connectivity index (χ4v) is 3.93. The normalized spacial score (nSPS) is 14.1. The van der Waals surface area contributed by atoms with Gasteiger partial charge >= 0.3 is 5.69 Å². The van der Waals surface area contributed by atoms with E-state index in [1.807, 2.05) is 0 Å². The number of amides is 1. The van der Waals surface area contributed by atoms with Gasteiger partial charge in [0.25, 0.3) is 0 Å². The summed E-state index contributed by atoms with van der Waals surface area (Å²) < 4.78 is 24.4. The van der Waals surface area contributed by atoms with E-state index in [1.54, 1.807) is 0 Å². The molecule has 0 atom stereocenters. The monoisotopic (exact) mass is 503 g/mol. The summed E-state index contributed by atoms with van der Waals surface area (Å²) in [6.07, 6.45) is 1.82. The number of aromatic nitrogens is 2. The van der Waals surface area contributed by atoms with Crippen LogP contribution in [-0.2, 0) is 16.0 Å². The van der Waals surface area contributed by atoms with E-state index in [1.165, 1.54) is 30.6 Å². The smallest absolute Gasteiger partial charge is 0.311 e. The lowest BCUT2D eigenvalue weighted by atomic mass is 10.1. The van der Waals surface area contributed by atoms with Crippen LogP contribution in [0.15, 0.2) is 36.7 Å². The van der Waals surface area contributed by atoms with Gasteiger partial charge in [0.15, 0.2) is 5.75 Å². The van der Waals surface area contributed by atoms with E-state index in [0.29, 0.717) is 48.5 Å². The molecule has 2 aromatic carbocycles. The van der Waals surface area contributed by atoms with Gasteiger partial charge in [-0.25, -0.2) is 14.4 Å². The van der Waals surface area contributed by atoms with Crippen molar-refractivity contribution in [2.24, 2.45) is 0 Å². The third-order valence-corrected chi connectivity index (χ3v) is 5.80. The second-order valence-corrected chi connectivity index (χ2v) is 8.33. The van der Waals surface area contributed by atoms with E-state index < -0.39 is 16.6 Å². The fourth-order valence-electron chi connectivity index (χ4n) is 3.75. The maximum Gasteiger partial charge on any atom is 0.311 e. The van der Waals surface area contributed by atoms with Crippen molar-refractivity contribution >= 4 is 39.8 Å². The maximum absolute atomic E-state index is 13.3. The zero-order chi connectivity index (χ0) is 24.8. The van der Waals surface area contributed by atoms with Crippen molar-refractivity contribution in [3.8, 4) is 5.75 Å². The van der Waals surface area contributed by atoms with Crippen LogP contribution in [0.25, 0.3) is 10.9 Å². The van der Waals surface area contributed by atoms with Crippen LogP contribution >= 0.6 is 11.6 Å². The summed E-state index contributed by atoms with van der Waals surface area (Å²) in [6.45, 7) is 4.24. The van der Waals surface area contributed by atoms with Crippen molar-refractivity contribution < 1.29 is 23.6 Å². The highest BCUT2D eigenvalue weighted by Gasteiger charge is 2.20. The number of carbonyl (C=O) groups is 1. The Bertz CT molecular complexity index is 1240. The van der Waals surface area contributed by atoms with Gasteiger partial charge in [-0.05, 0) is 24.6 Å². The van der Waals surface area contributed by atoms with Crippen LogP contribution in [-0.4, -0.2) is 65.2 Å². The van der Waals surface area contributed by atoms with Crippen LogP contribution < -0.4 is 10.1 Å². The molecule has 1 amide bonds. The topological polar surface area (TPSA) is 120 Å². The standard InChI is InChI=1S/C23H23ClFN5O5/c24-17-10-15(2-3-18(17)25)28-23(31)13-20-16-11-21(30(32)33)22(12-19(16)26-14-27-20)35-7-1-4-29-5-8-34-9-6-29/h2-3,10-12,14H,1,4-9,13H2,(H,28,31). The van der Waals surface area contributed by atoms with E-state index in [0.717, 1.165) is 25.7 Å². The maximum atomic E-state index is 13.3. The second-order valence-electron chi connectivity index (χ2n) is 7.92. The average Bonchev–Trinajstić information content (AvgIpc) is 2.84. The van der Waals surface area contributed by atoms with Gasteiger partial charge in [-0.2, -0.15) is 0 Å². The number of rotatable bonds is 9. The summed E-state index contributed by atoms with van der Waals surface area (Å²) in [5.41, 5.74) is 0.813. The predicted molar refractivity (Wildman–Crippen MR) is 127 cm³/mol. The number of morpholine rings is 1. The molecule has 1 aromatic heterocycles. The van der Waals surface area contributed by atoms with Crippen molar-refractivity contribution in [1.29, 1.82) is 0 Å². The zero-order valence-electron chi connectivity index (χ0n) is 18.7. The molecule has 12 heteroatoms. The quantitative estimate of drug-likeness (QED) is 0.267. The first-order chi connectivity index (χ1) is 16.9. The molecule has 0 bridgehead atoms. The summed E-state index contributed by atoms with van der Waals surface area (Å²) >= 11 is 5.75. The van der Waals surface area contributed by atoms with Crippen LogP contribution in [0.1, 0.15) is 12.1 Å². The highest BCUT2D eigenvalue weighted by Crippen LogP contribution is 2.32. The Morgan fingerprint density at radius 1 is 1.26 bits per heavy atom. The molecular weight excluding hydrogens is 481 g/mol. The predicted octanol–water partition coefficient (Wildman–Crippen LogP) is 3.61. The molecule has 4 rings (SSSR count). The molecule has 1 aliphatic heterocycles. The molecule has 35 heavy (non-hydrogen) atoms. The first-order valence-electron chi connectivity index (χ1n) is 11.0. The number of ether oxygens (including phenoxy) is 2. The Morgan fingerprint density at radius 2 is 2.06 bits per heavy atom. The van der Waals surface area contributed by atoms with E-state index in [9.17, 15) is 19.3 Å². The van der Waals surface area contributed by atoms with Crippen LogP contribution in [0.2, 0.25) is 5.02 Å². The van der Waals surface area contributed by atoms with Gasteiger partial charge in [-0.1, -0.05) is 11.6 Å². The van der Waals surface area contributed by atoms with Gasteiger partial charge in [0, 0.05) is 42.8 Å². The van der Waals surface area contributed by atoms with Crippen molar-refractivity contribution in [2.45, 2.75) is 12.8 Å². The molecule has 2 heterocycles. The van der Waals surface area contributed by atoms with Crippen molar-refractivity contribution in [3.63, 3.8) is 0 Å². The van der Waals surface area contributed by atoms with E-state index >= 15 is 0 Å². The highest BCUT2D eigenvalue weighted by atomic mass is 35.5. The first-order valence-corrected chi connectivity index (χ1v) is 11.4. The summed E-state index contributed by atoms with van der Waals surface area (Å²) in [5.74, 6) is -0.934. The van der Waals surface area contributed by atoms with E-state index in [4.69, 9.17) is 21.1 Å². The Labute approximate surface area is 205 Å². The third-order valence-electron chi connectivity index (χ3n) is 5.51. The van der Waals surface area contributed by atoms with Crippen LogP contribution in [0.5, 0.6) is 5.75 Å². The van der Waals surface area contributed by atoms with Crippen LogP contribution in [0.3, 0.4) is 0 Å². The molecule has 1 saturated heterocycles. The van der Waals surface area contributed by atoms with Gasteiger partial charge in [-0.3, -0.25) is 19.8 Å². The molecule has 0 aliphatic carbocycles. The Balaban J connectivity index is 1.47. The SMILES string of the molecule is O=C(Cc1ncnc2cc(OCCCN3CCOCC3)c([N+](=O)[O-])cc12)Nc1ccc(F)c(Cl)c1. The highest BCUT2D eigenvalue weighted by molar-refractivity contribution is 6.31. The number of benzene rings is 2. The number of nitro benzene ring substituents is 1. The fraction of sp³-hybridized carbons (Fsp3) is 0.348. The summed E-state index contributed by atoms with van der Waals surface area (Å²) in [6, 6.07) is 6.63. The van der Waals surface area contributed by atoms with Crippen molar-refractivity contribution in [3.05, 3.63) is 63.3 Å².